The summed E-state index contributed by atoms with van der Waals surface area (Å²) in [5.41, 5.74) is 2.75. The second-order valence-electron chi connectivity index (χ2n) is 4.70. The van der Waals surface area contributed by atoms with E-state index in [0.29, 0.717) is 12.2 Å². The molecule has 1 heterocycles. The first-order chi connectivity index (χ1) is 9.61. The molecular weight excluding hydrogens is 255 g/mol. The molecule has 0 fully saturated rings. The van der Waals surface area contributed by atoms with Crippen LogP contribution in [0.5, 0.6) is 0 Å². The van der Waals surface area contributed by atoms with E-state index in [2.05, 4.69) is 10.4 Å². The fourth-order valence-electron chi connectivity index (χ4n) is 2.14. The van der Waals surface area contributed by atoms with Gasteiger partial charge in [-0.25, -0.2) is 4.39 Å². The lowest BCUT2D eigenvalue weighted by Gasteiger charge is -2.09. The van der Waals surface area contributed by atoms with Gasteiger partial charge in [0.15, 0.2) is 0 Å². The van der Waals surface area contributed by atoms with Gasteiger partial charge in [-0.05, 0) is 38.5 Å². The summed E-state index contributed by atoms with van der Waals surface area (Å²) in [6.45, 7) is 5.45. The number of nitrogens with zero attached hydrogens (tertiary/aromatic N) is 3. The van der Waals surface area contributed by atoms with Crippen LogP contribution in [0.3, 0.4) is 0 Å². The van der Waals surface area contributed by atoms with Crippen LogP contribution >= 0.6 is 0 Å². The monoisotopic (exact) mass is 272 g/mol. The number of hydrogen-bond donors (Lipinski definition) is 1. The third kappa shape index (κ3) is 3.15. The molecule has 0 aliphatic heterocycles. The molecule has 20 heavy (non-hydrogen) atoms. The topological polar surface area (TPSA) is 53.6 Å². The quantitative estimate of drug-likeness (QED) is 0.851. The number of aryl methyl sites for hydroxylation is 3. The molecule has 4 nitrogen and oxygen atoms in total. The smallest absolute Gasteiger partial charge is 0.143 e. The largest absolute Gasteiger partial charge is 0.384 e. The molecule has 0 amide bonds. The number of halogens is 1. The highest BCUT2D eigenvalue weighted by molar-refractivity contribution is 5.57. The molecule has 2 rings (SSSR count). The highest BCUT2D eigenvalue weighted by Gasteiger charge is 2.07. The summed E-state index contributed by atoms with van der Waals surface area (Å²) >= 11 is 0. The van der Waals surface area contributed by atoms with Gasteiger partial charge in [0, 0.05) is 18.8 Å². The van der Waals surface area contributed by atoms with Gasteiger partial charge in [-0.15, -0.1) is 0 Å². The first-order valence-corrected chi connectivity index (χ1v) is 6.55. The van der Waals surface area contributed by atoms with Gasteiger partial charge in [-0.3, -0.25) is 4.68 Å². The average molecular weight is 272 g/mol. The molecule has 1 aromatic carbocycles. The first-order valence-electron chi connectivity index (χ1n) is 6.55. The zero-order valence-corrected chi connectivity index (χ0v) is 11.7. The molecule has 0 saturated carbocycles. The van der Waals surface area contributed by atoms with Gasteiger partial charge in [0.2, 0.25) is 0 Å². The molecule has 1 aromatic heterocycles. The number of aromatic nitrogens is 2. The highest BCUT2D eigenvalue weighted by Crippen LogP contribution is 2.17. The molecule has 104 valence electrons. The van der Waals surface area contributed by atoms with E-state index in [9.17, 15) is 4.39 Å². The van der Waals surface area contributed by atoms with E-state index < -0.39 is 5.82 Å². The Labute approximate surface area is 117 Å². The van der Waals surface area contributed by atoms with Crippen molar-refractivity contribution in [2.45, 2.75) is 26.8 Å². The Hall–Kier alpha value is -2.35. The van der Waals surface area contributed by atoms with Crippen molar-refractivity contribution in [3.63, 3.8) is 0 Å². The van der Waals surface area contributed by atoms with Gasteiger partial charge < -0.3 is 5.32 Å². The fraction of sp³-hybridized carbons (Fsp3) is 0.333. The van der Waals surface area contributed by atoms with Crippen LogP contribution in [-0.4, -0.2) is 16.3 Å². The minimum absolute atomic E-state index is 0.0682. The van der Waals surface area contributed by atoms with Crippen molar-refractivity contribution in [3.8, 4) is 6.07 Å². The summed E-state index contributed by atoms with van der Waals surface area (Å²) in [7, 11) is 0. The van der Waals surface area contributed by atoms with Crippen LogP contribution in [0.2, 0.25) is 0 Å². The summed E-state index contributed by atoms with van der Waals surface area (Å²) in [5, 5.41) is 16.4. The van der Waals surface area contributed by atoms with Crippen LogP contribution in [0, 0.1) is 31.0 Å². The molecule has 0 saturated heterocycles. The Bertz CT molecular complexity index is 640. The van der Waals surface area contributed by atoms with E-state index >= 15 is 0 Å². The molecule has 0 aliphatic rings. The SMILES string of the molecule is Cc1cc(C)n(CCCNc2cccc(F)c2C#N)n1. The van der Waals surface area contributed by atoms with Crippen LogP contribution < -0.4 is 5.32 Å². The van der Waals surface area contributed by atoms with Gasteiger partial charge >= 0.3 is 0 Å². The average Bonchev–Trinajstić information content (AvgIpc) is 2.73. The summed E-state index contributed by atoms with van der Waals surface area (Å²) in [6.07, 6.45) is 0.851. The molecule has 0 atom stereocenters. The Balaban J connectivity index is 1.90. The highest BCUT2D eigenvalue weighted by atomic mass is 19.1. The molecular formula is C15H17FN4. The molecule has 2 aromatic rings. The van der Waals surface area contributed by atoms with Crippen LogP contribution in [0.4, 0.5) is 10.1 Å². The lowest BCUT2D eigenvalue weighted by molar-refractivity contribution is 0.573. The molecule has 5 heteroatoms. The fourth-order valence-corrected chi connectivity index (χ4v) is 2.14. The van der Waals surface area contributed by atoms with Gasteiger partial charge in [0.1, 0.15) is 17.4 Å². The van der Waals surface area contributed by atoms with Gasteiger partial charge in [-0.1, -0.05) is 6.07 Å². The van der Waals surface area contributed by atoms with Crippen LogP contribution in [0.1, 0.15) is 23.4 Å². The molecule has 0 bridgehead atoms. The Morgan fingerprint density at radius 3 is 2.85 bits per heavy atom. The summed E-state index contributed by atoms with van der Waals surface area (Å²) in [4.78, 5) is 0. The van der Waals surface area contributed by atoms with Crippen LogP contribution in [-0.2, 0) is 6.54 Å². The van der Waals surface area contributed by atoms with Crippen LogP contribution in [0.25, 0.3) is 0 Å². The van der Waals surface area contributed by atoms with E-state index in [1.165, 1.54) is 6.07 Å². The second kappa shape index (κ2) is 6.20. The number of benzene rings is 1. The van der Waals surface area contributed by atoms with Crippen molar-refractivity contribution in [2.75, 3.05) is 11.9 Å². The first kappa shape index (κ1) is 14.1. The third-order valence-corrected chi connectivity index (χ3v) is 3.09. The number of nitriles is 1. The lowest BCUT2D eigenvalue weighted by Crippen LogP contribution is -2.10. The number of rotatable bonds is 5. The standard InChI is InChI=1S/C15H17FN4/c1-11-9-12(2)20(19-11)8-4-7-18-15-6-3-5-14(16)13(15)10-17/h3,5-6,9,18H,4,7-8H2,1-2H3. The van der Waals surface area contributed by atoms with Crippen molar-refractivity contribution in [2.24, 2.45) is 0 Å². The molecule has 0 spiro atoms. The predicted molar refractivity (Wildman–Crippen MR) is 75.9 cm³/mol. The second-order valence-corrected chi connectivity index (χ2v) is 4.70. The Morgan fingerprint density at radius 1 is 1.40 bits per heavy atom. The van der Waals surface area contributed by atoms with Gasteiger partial charge in [-0.2, -0.15) is 10.4 Å². The van der Waals surface area contributed by atoms with Crippen molar-refractivity contribution < 1.29 is 4.39 Å². The van der Waals surface area contributed by atoms with E-state index in [-0.39, 0.29) is 5.56 Å². The maximum absolute atomic E-state index is 13.4. The van der Waals surface area contributed by atoms with Crippen molar-refractivity contribution in [1.29, 1.82) is 5.26 Å². The minimum atomic E-state index is -0.490. The summed E-state index contributed by atoms with van der Waals surface area (Å²) < 4.78 is 15.4. The van der Waals surface area contributed by atoms with Crippen molar-refractivity contribution >= 4 is 5.69 Å². The summed E-state index contributed by atoms with van der Waals surface area (Å²) in [5.74, 6) is -0.490. The van der Waals surface area contributed by atoms with Crippen molar-refractivity contribution in [3.05, 3.63) is 47.0 Å². The lowest BCUT2D eigenvalue weighted by atomic mass is 10.2. The Morgan fingerprint density at radius 2 is 2.20 bits per heavy atom. The maximum atomic E-state index is 13.4. The molecule has 0 radical (unpaired) electrons. The van der Waals surface area contributed by atoms with Crippen LogP contribution in [0.15, 0.2) is 24.3 Å². The van der Waals surface area contributed by atoms with Crippen molar-refractivity contribution in [1.82, 2.24) is 9.78 Å². The number of anilines is 1. The molecule has 1 N–H and O–H groups in total. The van der Waals surface area contributed by atoms with E-state index in [1.54, 1.807) is 12.1 Å². The minimum Gasteiger partial charge on any atom is -0.384 e. The molecule has 0 aliphatic carbocycles. The zero-order chi connectivity index (χ0) is 14.5. The number of hydrogen-bond acceptors (Lipinski definition) is 3. The maximum Gasteiger partial charge on any atom is 0.143 e. The third-order valence-electron chi connectivity index (χ3n) is 3.09. The Kier molecular flexibility index (Phi) is 4.36. The number of nitrogens with one attached hydrogen (secondary N) is 1. The van der Waals surface area contributed by atoms with E-state index in [4.69, 9.17) is 5.26 Å². The van der Waals surface area contributed by atoms with E-state index in [1.807, 2.05) is 30.7 Å². The molecule has 0 unspecified atom stereocenters. The predicted octanol–water partition coefficient (Wildman–Crippen LogP) is 3.01. The zero-order valence-electron chi connectivity index (χ0n) is 11.7. The van der Waals surface area contributed by atoms with E-state index in [0.717, 1.165) is 24.4 Å². The summed E-state index contributed by atoms with van der Waals surface area (Å²) in [6, 6.07) is 8.52. The normalized spacial score (nSPS) is 10.3. The van der Waals surface area contributed by atoms with Gasteiger partial charge in [0.05, 0.1) is 11.4 Å². The van der Waals surface area contributed by atoms with Gasteiger partial charge in [0.25, 0.3) is 0 Å².